The molecule has 7 rings (SSSR count). The molecule has 2 unspecified atom stereocenters. The molecule has 0 aliphatic carbocycles. The number of hydrogen-bond donors (Lipinski definition) is 5. The number of amides is 3. The van der Waals surface area contributed by atoms with E-state index in [9.17, 15) is 19.5 Å². The highest BCUT2D eigenvalue weighted by molar-refractivity contribution is 6.03. The van der Waals surface area contributed by atoms with E-state index in [4.69, 9.17) is 26.0 Å². The molecular weight excluding hydrogens is 801 g/mol. The number of primary amides is 1. The number of aliphatic hydroxyl groups is 1. The van der Waals surface area contributed by atoms with Crippen LogP contribution in [0.5, 0.6) is 23.0 Å². The molecule has 3 heterocycles. The summed E-state index contributed by atoms with van der Waals surface area (Å²) in [6, 6.07) is 31.2. The van der Waals surface area contributed by atoms with E-state index in [1.807, 2.05) is 83.5 Å². The Kier molecular flexibility index (Phi) is 13.3. The summed E-state index contributed by atoms with van der Waals surface area (Å²) in [5, 5.41) is 26.5. The number of likely N-dealkylation sites (N-methyl/N-ethyl adjacent to an activating group) is 1. The van der Waals surface area contributed by atoms with Gasteiger partial charge >= 0.3 is 0 Å². The summed E-state index contributed by atoms with van der Waals surface area (Å²) in [7, 11) is 5.09. The van der Waals surface area contributed by atoms with E-state index < -0.39 is 12.1 Å². The number of carbonyl (C=O) groups excluding carboxylic acids is 3. The minimum atomic E-state index is -1.29. The van der Waals surface area contributed by atoms with Gasteiger partial charge < -0.3 is 46.5 Å². The van der Waals surface area contributed by atoms with Crippen LogP contribution in [0.25, 0.3) is 28.6 Å². The molecule has 16 heteroatoms. The Morgan fingerprint density at radius 2 is 1.49 bits per heavy atom. The van der Waals surface area contributed by atoms with Crippen LogP contribution in [0.3, 0.4) is 0 Å². The number of ether oxygens (including phenoxy) is 2. The van der Waals surface area contributed by atoms with Crippen LogP contribution >= 0.6 is 0 Å². The fourth-order valence-corrected chi connectivity index (χ4v) is 7.50. The van der Waals surface area contributed by atoms with Crippen molar-refractivity contribution in [3.63, 3.8) is 0 Å². The Balaban J connectivity index is 0.999. The fourth-order valence-electron chi connectivity index (χ4n) is 7.50. The van der Waals surface area contributed by atoms with Gasteiger partial charge in [0.1, 0.15) is 57.8 Å². The third-order valence-corrected chi connectivity index (χ3v) is 10.7. The van der Waals surface area contributed by atoms with Crippen LogP contribution in [-0.2, 0) is 16.1 Å². The highest BCUT2D eigenvalue weighted by Gasteiger charge is 2.32. The first-order chi connectivity index (χ1) is 30.5. The number of rotatable bonds is 17. The molecule has 3 amide bonds. The highest BCUT2D eigenvalue weighted by Crippen LogP contribution is 2.37. The van der Waals surface area contributed by atoms with E-state index in [1.54, 1.807) is 67.1 Å². The molecule has 0 saturated carbocycles. The van der Waals surface area contributed by atoms with Gasteiger partial charge in [0.2, 0.25) is 11.8 Å². The number of likely N-dealkylation sites (tertiary alicyclic amines) is 1. The molecule has 6 aromatic rings. The average molecular weight is 851 g/mol. The Labute approximate surface area is 365 Å². The van der Waals surface area contributed by atoms with E-state index >= 15 is 0 Å². The minimum absolute atomic E-state index is 0.151. The number of hydrogen-bond acceptors (Lipinski definition) is 11. The second-order valence-corrected chi connectivity index (χ2v) is 14.8. The molecule has 4 aromatic carbocycles. The molecule has 7 N–H and O–H groups in total. The van der Waals surface area contributed by atoms with Crippen molar-refractivity contribution >= 4 is 35.4 Å². The maximum atomic E-state index is 13.5. The predicted molar refractivity (Wildman–Crippen MR) is 242 cm³/mol. The zero-order chi connectivity index (χ0) is 44.6. The van der Waals surface area contributed by atoms with Crippen LogP contribution in [0.15, 0.2) is 122 Å². The number of carbonyl (C=O) groups is 3. The molecule has 16 nitrogen and oxygen atoms in total. The molecule has 0 spiro atoms. The summed E-state index contributed by atoms with van der Waals surface area (Å²) in [5.74, 6) is 2.48. The second kappa shape index (κ2) is 19.4. The Bertz CT molecular complexity index is 2620. The molecule has 2 atom stereocenters. The van der Waals surface area contributed by atoms with Crippen LogP contribution in [-0.4, -0.2) is 93.0 Å². The largest absolute Gasteiger partial charge is 0.457 e. The molecule has 1 fully saturated rings. The van der Waals surface area contributed by atoms with Crippen molar-refractivity contribution in [2.75, 3.05) is 51.4 Å². The standard InChI is InChI=1S/C47H50N10O6/c1-5-38(58)54(4)26-27-56-46(50-2)40(44(48)60)42(52-56)31-15-21-36(22-16-31)63-37-13-9-10-30(28-37)14-23-39(59)55-25-24-33(29-55)57-47(51-3)41(45(49)61)43(53-57)32-17-19-35(20-18-32)62-34-11-7-6-8-12-34/h5-23,28,33,45,50-51,61H,1,24-27,29,49H2,2-4H3,(H2,48,60)/b23-14-. The summed E-state index contributed by atoms with van der Waals surface area (Å²) in [6.07, 6.45) is 3.89. The van der Waals surface area contributed by atoms with E-state index in [1.165, 1.54) is 11.0 Å². The summed E-state index contributed by atoms with van der Waals surface area (Å²) < 4.78 is 15.5. The van der Waals surface area contributed by atoms with Crippen molar-refractivity contribution in [3.8, 4) is 45.5 Å². The van der Waals surface area contributed by atoms with Gasteiger partial charge in [-0.15, -0.1) is 0 Å². The lowest BCUT2D eigenvalue weighted by Crippen LogP contribution is -2.29. The third kappa shape index (κ3) is 9.77. The van der Waals surface area contributed by atoms with Crippen LogP contribution in [0.1, 0.15) is 40.2 Å². The highest BCUT2D eigenvalue weighted by atomic mass is 16.5. The number of nitrogens with one attached hydrogen (secondary N) is 2. The van der Waals surface area contributed by atoms with Gasteiger partial charge in [-0.25, -0.2) is 9.36 Å². The van der Waals surface area contributed by atoms with Crippen molar-refractivity contribution in [2.45, 2.75) is 25.2 Å². The lowest BCUT2D eigenvalue weighted by Gasteiger charge is -2.17. The van der Waals surface area contributed by atoms with E-state index in [2.05, 4.69) is 22.3 Å². The SMILES string of the molecule is C=CC(=O)N(C)CCn1nc(-c2ccc(Oc3cccc(/C=C\C(=O)N4CCC(n5nc(-c6ccc(Oc7ccccc7)cc6)c(C(N)O)c5NC)C4)c3)cc2)c(C(N)=O)c1NC. The van der Waals surface area contributed by atoms with Crippen LogP contribution in [0, 0.1) is 0 Å². The molecule has 1 aliphatic rings. The first-order valence-electron chi connectivity index (χ1n) is 20.4. The molecule has 63 heavy (non-hydrogen) atoms. The summed E-state index contributed by atoms with van der Waals surface area (Å²) >= 11 is 0. The predicted octanol–water partition coefficient (Wildman–Crippen LogP) is 6.26. The number of nitrogens with zero attached hydrogens (tertiary/aromatic N) is 6. The topological polar surface area (TPSA) is 208 Å². The number of nitrogens with two attached hydrogens (primary N) is 2. The van der Waals surface area contributed by atoms with E-state index in [0.717, 1.165) is 16.9 Å². The molecule has 1 saturated heterocycles. The number of para-hydroxylation sites is 1. The molecule has 1 aliphatic heterocycles. The number of anilines is 2. The number of aliphatic hydroxyl groups excluding tert-OH is 1. The van der Waals surface area contributed by atoms with E-state index in [0.29, 0.717) is 84.0 Å². The van der Waals surface area contributed by atoms with Crippen molar-refractivity contribution in [2.24, 2.45) is 11.5 Å². The smallest absolute Gasteiger partial charge is 0.254 e. The summed E-state index contributed by atoms with van der Waals surface area (Å²) in [6.45, 7) is 5.11. The van der Waals surface area contributed by atoms with Crippen molar-refractivity contribution in [3.05, 3.63) is 139 Å². The third-order valence-electron chi connectivity index (χ3n) is 10.7. The Hall–Kier alpha value is -7.69. The number of benzene rings is 4. The van der Waals surface area contributed by atoms with Crippen LogP contribution in [0.2, 0.25) is 0 Å². The normalized spacial score (nSPS) is 14.0. The van der Waals surface area contributed by atoms with Gasteiger partial charge in [-0.2, -0.15) is 10.2 Å². The van der Waals surface area contributed by atoms with Gasteiger partial charge in [-0.05, 0) is 96.9 Å². The fraction of sp³-hybridized carbons (Fsp3) is 0.213. The first kappa shape index (κ1) is 43.4. The molecule has 0 radical (unpaired) electrons. The molecular formula is C47H50N10O6. The molecule has 2 aromatic heterocycles. The van der Waals surface area contributed by atoms with Gasteiger partial charge in [0.15, 0.2) is 0 Å². The summed E-state index contributed by atoms with van der Waals surface area (Å²) in [4.78, 5) is 41.3. The maximum Gasteiger partial charge on any atom is 0.254 e. The zero-order valence-corrected chi connectivity index (χ0v) is 35.3. The lowest BCUT2D eigenvalue weighted by molar-refractivity contribution is -0.125. The van der Waals surface area contributed by atoms with Crippen LogP contribution in [0.4, 0.5) is 11.6 Å². The summed E-state index contributed by atoms with van der Waals surface area (Å²) in [5.41, 5.74) is 15.7. The first-order valence-corrected chi connectivity index (χ1v) is 20.4. The van der Waals surface area contributed by atoms with Gasteiger partial charge in [-0.3, -0.25) is 14.4 Å². The molecule has 324 valence electrons. The lowest BCUT2D eigenvalue weighted by atomic mass is 10.1. The van der Waals surface area contributed by atoms with Gasteiger partial charge in [0, 0.05) is 58.0 Å². The number of aromatic nitrogens is 4. The van der Waals surface area contributed by atoms with Crippen molar-refractivity contribution < 1.29 is 29.0 Å². The van der Waals surface area contributed by atoms with Gasteiger partial charge in [0.25, 0.3) is 5.91 Å². The Morgan fingerprint density at radius 3 is 2.11 bits per heavy atom. The molecule has 0 bridgehead atoms. The zero-order valence-electron chi connectivity index (χ0n) is 35.3. The Morgan fingerprint density at radius 1 is 0.873 bits per heavy atom. The van der Waals surface area contributed by atoms with Crippen molar-refractivity contribution in [1.29, 1.82) is 0 Å². The monoisotopic (exact) mass is 850 g/mol. The van der Waals surface area contributed by atoms with Crippen molar-refractivity contribution in [1.82, 2.24) is 29.4 Å². The van der Waals surface area contributed by atoms with Gasteiger partial charge in [-0.1, -0.05) is 36.9 Å². The quantitative estimate of drug-likeness (QED) is 0.0511. The maximum absolute atomic E-state index is 13.5. The second-order valence-electron chi connectivity index (χ2n) is 14.8. The average Bonchev–Trinajstić information content (AvgIpc) is 4.04. The van der Waals surface area contributed by atoms with E-state index in [-0.39, 0.29) is 23.4 Å². The minimum Gasteiger partial charge on any atom is -0.457 e. The van der Waals surface area contributed by atoms with Gasteiger partial charge in [0.05, 0.1) is 18.2 Å². The van der Waals surface area contributed by atoms with Crippen LogP contribution < -0.4 is 31.6 Å².